The van der Waals surface area contributed by atoms with Crippen molar-refractivity contribution in [1.82, 2.24) is 15.6 Å². The molecule has 0 aliphatic carbocycles. The Kier molecular flexibility index (Phi) is 6.99. The molecule has 1 heterocycles. The summed E-state index contributed by atoms with van der Waals surface area (Å²) in [5, 5.41) is 6.62. The number of aliphatic imine (C=N–C) groups is 1. The van der Waals surface area contributed by atoms with Gasteiger partial charge in [0.15, 0.2) is 5.96 Å². The molecule has 0 atom stereocenters. The molecule has 2 N–H and O–H groups in total. The van der Waals surface area contributed by atoms with Crippen molar-refractivity contribution < 1.29 is 4.74 Å². The fourth-order valence-electron chi connectivity index (χ4n) is 1.70. The summed E-state index contributed by atoms with van der Waals surface area (Å²) in [6.07, 6.45) is 2.71. The first-order valence-corrected chi connectivity index (χ1v) is 7.59. The lowest BCUT2D eigenvalue weighted by atomic mass is 10.1. The summed E-state index contributed by atoms with van der Waals surface area (Å²) < 4.78 is 5.66. The third-order valence-corrected chi connectivity index (χ3v) is 2.54. The van der Waals surface area contributed by atoms with Crippen LogP contribution in [0.15, 0.2) is 23.3 Å². The van der Waals surface area contributed by atoms with E-state index in [1.807, 2.05) is 12.1 Å². The highest BCUT2D eigenvalue weighted by Gasteiger charge is 2.12. The zero-order valence-electron chi connectivity index (χ0n) is 13.9. The van der Waals surface area contributed by atoms with Crippen LogP contribution in [-0.2, 0) is 6.54 Å². The number of ether oxygens (including phenoxy) is 1. The highest BCUT2D eigenvalue weighted by Crippen LogP contribution is 2.15. The van der Waals surface area contributed by atoms with Crippen molar-refractivity contribution >= 4 is 5.96 Å². The second-order valence-electron chi connectivity index (χ2n) is 5.89. The molecule has 21 heavy (non-hydrogen) atoms. The Morgan fingerprint density at radius 2 is 2.10 bits per heavy atom. The number of nitrogens with one attached hydrogen (secondary N) is 2. The summed E-state index contributed by atoms with van der Waals surface area (Å²) in [4.78, 5) is 8.89. The van der Waals surface area contributed by atoms with Crippen molar-refractivity contribution in [2.24, 2.45) is 4.99 Å². The average molecular weight is 292 g/mol. The normalized spacial score (nSPS) is 12.1. The average Bonchev–Trinajstić information content (AvgIpc) is 2.42. The second kappa shape index (κ2) is 8.49. The lowest BCUT2D eigenvalue weighted by molar-refractivity contribution is 0.302. The minimum Gasteiger partial charge on any atom is -0.477 e. The van der Waals surface area contributed by atoms with Gasteiger partial charge in [0.1, 0.15) is 0 Å². The van der Waals surface area contributed by atoms with Crippen LogP contribution >= 0.6 is 0 Å². The Labute approximate surface area is 128 Å². The summed E-state index contributed by atoms with van der Waals surface area (Å²) in [7, 11) is 0. The maximum absolute atomic E-state index is 5.66. The molecule has 0 amide bonds. The van der Waals surface area contributed by atoms with E-state index in [0.29, 0.717) is 19.0 Å². The van der Waals surface area contributed by atoms with E-state index >= 15 is 0 Å². The molecular formula is C16H28N4O. The first-order chi connectivity index (χ1) is 9.96. The van der Waals surface area contributed by atoms with Gasteiger partial charge in [0.2, 0.25) is 5.88 Å². The standard InChI is InChI=1S/C16H28N4O/c1-6-11-21-14-13(9-8-10-18-14)12-19-15(17-7-2)20-16(3,4)5/h8-10H,6-7,11-12H2,1-5H3,(H2,17,19,20). The van der Waals surface area contributed by atoms with Crippen LogP contribution in [-0.4, -0.2) is 29.6 Å². The summed E-state index contributed by atoms with van der Waals surface area (Å²) in [6.45, 7) is 12.5. The molecule has 1 aromatic heterocycles. The van der Waals surface area contributed by atoms with Crippen LogP contribution in [0.2, 0.25) is 0 Å². The topological polar surface area (TPSA) is 58.5 Å². The first kappa shape index (κ1) is 17.3. The van der Waals surface area contributed by atoms with Gasteiger partial charge in [0, 0.05) is 23.8 Å². The first-order valence-electron chi connectivity index (χ1n) is 7.59. The van der Waals surface area contributed by atoms with Crippen molar-refractivity contribution in [1.29, 1.82) is 0 Å². The molecule has 0 spiro atoms. The van der Waals surface area contributed by atoms with Gasteiger partial charge in [-0.25, -0.2) is 9.98 Å². The molecule has 0 saturated carbocycles. The van der Waals surface area contributed by atoms with E-state index in [-0.39, 0.29) is 5.54 Å². The molecule has 5 nitrogen and oxygen atoms in total. The number of nitrogens with zero attached hydrogens (tertiary/aromatic N) is 2. The number of hydrogen-bond acceptors (Lipinski definition) is 3. The SMILES string of the molecule is CCCOc1ncccc1CN=C(NCC)NC(C)(C)C. The molecule has 118 valence electrons. The maximum atomic E-state index is 5.66. The van der Waals surface area contributed by atoms with Crippen molar-refractivity contribution in [3.63, 3.8) is 0 Å². The molecule has 0 bridgehead atoms. The highest BCUT2D eigenvalue weighted by atomic mass is 16.5. The van der Waals surface area contributed by atoms with Gasteiger partial charge in [-0.1, -0.05) is 13.0 Å². The van der Waals surface area contributed by atoms with E-state index in [1.54, 1.807) is 6.20 Å². The monoisotopic (exact) mass is 292 g/mol. The third kappa shape index (κ3) is 6.97. The second-order valence-corrected chi connectivity index (χ2v) is 5.89. The zero-order chi connectivity index (χ0) is 15.7. The van der Waals surface area contributed by atoms with Crippen LogP contribution in [0.5, 0.6) is 5.88 Å². The molecule has 0 radical (unpaired) electrons. The minimum absolute atomic E-state index is 0.0303. The quantitative estimate of drug-likeness (QED) is 0.625. The molecule has 0 unspecified atom stereocenters. The van der Waals surface area contributed by atoms with Crippen molar-refractivity contribution in [2.75, 3.05) is 13.2 Å². The fraction of sp³-hybridized carbons (Fsp3) is 0.625. The maximum Gasteiger partial charge on any atom is 0.218 e. The Balaban J connectivity index is 2.79. The minimum atomic E-state index is -0.0303. The van der Waals surface area contributed by atoms with E-state index in [9.17, 15) is 0 Å². The Morgan fingerprint density at radius 3 is 2.71 bits per heavy atom. The molecule has 5 heteroatoms. The zero-order valence-corrected chi connectivity index (χ0v) is 13.9. The van der Waals surface area contributed by atoms with Crippen LogP contribution in [0, 0.1) is 0 Å². The Hall–Kier alpha value is -1.78. The molecular weight excluding hydrogens is 264 g/mol. The van der Waals surface area contributed by atoms with Gasteiger partial charge < -0.3 is 15.4 Å². The third-order valence-electron chi connectivity index (χ3n) is 2.54. The van der Waals surface area contributed by atoms with Gasteiger partial charge in [-0.15, -0.1) is 0 Å². The summed E-state index contributed by atoms with van der Waals surface area (Å²) in [6, 6.07) is 3.91. The van der Waals surface area contributed by atoms with Gasteiger partial charge in [-0.3, -0.25) is 0 Å². The smallest absolute Gasteiger partial charge is 0.218 e. The molecule has 1 rings (SSSR count). The van der Waals surface area contributed by atoms with Gasteiger partial charge in [0.05, 0.1) is 13.2 Å². The predicted molar refractivity (Wildman–Crippen MR) is 87.7 cm³/mol. The number of pyridine rings is 1. The van der Waals surface area contributed by atoms with Crippen LogP contribution < -0.4 is 15.4 Å². The molecule has 1 aromatic rings. The number of guanidine groups is 1. The molecule has 0 fully saturated rings. The van der Waals surface area contributed by atoms with Crippen molar-refractivity contribution in [3.05, 3.63) is 23.9 Å². The number of aromatic nitrogens is 1. The summed E-state index contributed by atoms with van der Waals surface area (Å²) in [5.41, 5.74) is 0.967. The van der Waals surface area contributed by atoms with Crippen LogP contribution in [0.3, 0.4) is 0 Å². The molecule has 0 aromatic carbocycles. The molecule has 0 aliphatic heterocycles. The predicted octanol–water partition coefficient (Wildman–Crippen LogP) is 2.72. The number of hydrogen-bond donors (Lipinski definition) is 2. The lowest BCUT2D eigenvalue weighted by Crippen LogP contribution is -2.47. The van der Waals surface area contributed by atoms with E-state index in [4.69, 9.17) is 4.74 Å². The molecule has 0 saturated heterocycles. The van der Waals surface area contributed by atoms with Gasteiger partial charge in [-0.2, -0.15) is 0 Å². The van der Waals surface area contributed by atoms with Gasteiger partial charge in [-0.05, 0) is 40.2 Å². The van der Waals surface area contributed by atoms with E-state index in [2.05, 4.69) is 55.2 Å². The Morgan fingerprint density at radius 1 is 1.33 bits per heavy atom. The highest BCUT2D eigenvalue weighted by molar-refractivity contribution is 5.80. The van der Waals surface area contributed by atoms with Crippen LogP contribution in [0.4, 0.5) is 0 Å². The van der Waals surface area contributed by atoms with Gasteiger partial charge in [0.25, 0.3) is 0 Å². The van der Waals surface area contributed by atoms with E-state index < -0.39 is 0 Å². The Bertz CT molecular complexity index is 452. The van der Waals surface area contributed by atoms with Crippen molar-refractivity contribution in [2.45, 2.75) is 53.1 Å². The van der Waals surface area contributed by atoms with E-state index in [1.165, 1.54) is 0 Å². The fourth-order valence-corrected chi connectivity index (χ4v) is 1.70. The van der Waals surface area contributed by atoms with E-state index in [0.717, 1.165) is 24.5 Å². The largest absolute Gasteiger partial charge is 0.477 e. The van der Waals surface area contributed by atoms with Crippen LogP contribution in [0.25, 0.3) is 0 Å². The van der Waals surface area contributed by atoms with Crippen LogP contribution in [0.1, 0.15) is 46.6 Å². The number of rotatable bonds is 6. The summed E-state index contributed by atoms with van der Waals surface area (Å²) >= 11 is 0. The van der Waals surface area contributed by atoms with Gasteiger partial charge >= 0.3 is 0 Å². The van der Waals surface area contributed by atoms with Crippen molar-refractivity contribution in [3.8, 4) is 5.88 Å². The molecule has 0 aliphatic rings. The lowest BCUT2D eigenvalue weighted by Gasteiger charge is -2.23. The summed E-state index contributed by atoms with van der Waals surface area (Å²) in [5.74, 6) is 1.48.